The van der Waals surface area contributed by atoms with Crippen molar-refractivity contribution in [1.82, 2.24) is 15.2 Å². The smallest absolute Gasteiger partial charge is 0.275 e. The molecule has 1 saturated heterocycles. The first kappa shape index (κ1) is 20.8. The molecule has 0 spiro atoms. The van der Waals surface area contributed by atoms with Crippen molar-refractivity contribution < 1.29 is 19.1 Å². The van der Waals surface area contributed by atoms with E-state index in [2.05, 4.69) is 10.3 Å². The van der Waals surface area contributed by atoms with Gasteiger partial charge in [-0.1, -0.05) is 42.5 Å². The second-order valence-corrected chi connectivity index (χ2v) is 7.72. The van der Waals surface area contributed by atoms with Crippen LogP contribution in [-0.4, -0.2) is 46.0 Å². The number of oxazole rings is 1. The number of aliphatic hydroxyl groups excluding tert-OH is 1. The van der Waals surface area contributed by atoms with E-state index in [0.717, 1.165) is 23.1 Å². The summed E-state index contributed by atoms with van der Waals surface area (Å²) in [6.45, 7) is 1.37. The van der Waals surface area contributed by atoms with Gasteiger partial charge in [0.2, 0.25) is 11.8 Å². The van der Waals surface area contributed by atoms with E-state index in [1.54, 1.807) is 4.90 Å². The second-order valence-electron chi connectivity index (χ2n) is 7.72. The van der Waals surface area contributed by atoms with Crippen molar-refractivity contribution in [3.63, 3.8) is 0 Å². The molecule has 31 heavy (non-hydrogen) atoms. The fourth-order valence-electron chi connectivity index (χ4n) is 3.62. The molecule has 0 bridgehead atoms. The average molecular weight is 419 g/mol. The minimum Gasteiger partial charge on any atom is -0.444 e. The summed E-state index contributed by atoms with van der Waals surface area (Å²) in [6.07, 6.45) is 2.72. The molecule has 0 unspecified atom stereocenters. The van der Waals surface area contributed by atoms with Crippen LogP contribution in [-0.2, 0) is 17.8 Å². The molecule has 1 fully saturated rings. The lowest BCUT2D eigenvalue weighted by Crippen LogP contribution is -2.42. The molecule has 160 valence electrons. The standard InChI is InChI=1S/C24H25N3O4/c28-20-7-4-12-27(15-20)24(30)21-16-31-23(26-21)19-10-8-18(9-11-19)14-25-22(29)13-17-5-2-1-3-6-17/h1-3,5-6,8-11,16,20,28H,4,7,12-15H2,(H,25,29)/t20-/m1/s1. The van der Waals surface area contributed by atoms with Gasteiger partial charge < -0.3 is 19.7 Å². The Balaban J connectivity index is 1.33. The average Bonchev–Trinajstić information content (AvgIpc) is 3.28. The zero-order valence-electron chi connectivity index (χ0n) is 17.2. The Hall–Kier alpha value is -3.45. The molecule has 4 rings (SSSR count). The van der Waals surface area contributed by atoms with Crippen LogP contribution in [0.25, 0.3) is 11.5 Å². The molecule has 1 aliphatic rings. The lowest BCUT2D eigenvalue weighted by atomic mass is 10.1. The first-order valence-electron chi connectivity index (χ1n) is 10.4. The lowest BCUT2D eigenvalue weighted by Gasteiger charge is -2.29. The summed E-state index contributed by atoms with van der Waals surface area (Å²) in [5, 5.41) is 12.7. The second kappa shape index (κ2) is 9.57. The van der Waals surface area contributed by atoms with E-state index in [1.165, 1.54) is 6.26 Å². The number of nitrogens with one attached hydrogen (secondary N) is 1. The normalized spacial score (nSPS) is 16.2. The van der Waals surface area contributed by atoms with E-state index in [9.17, 15) is 14.7 Å². The van der Waals surface area contributed by atoms with E-state index in [4.69, 9.17) is 4.42 Å². The minimum atomic E-state index is -0.482. The molecule has 0 aliphatic carbocycles. The van der Waals surface area contributed by atoms with Crippen LogP contribution < -0.4 is 5.32 Å². The molecule has 7 nitrogen and oxygen atoms in total. The van der Waals surface area contributed by atoms with E-state index < -0.39 is 6.10 Å². The number of amides is 2. The number of hydrogen-bond donors (Lipinski definition) is 2. The summed E-state index contributed by atoms with van der Waals surface area (Å²) < 4.78 is 5.50. The number of aliphatic hydroxyl groups is 1. The van der Waals surface area contributed by atoms with E-state index >= 15 is 0 Å². The van der Waals surface area contributed by atoms with Gasteiger partial charge in [-0.2, -0.15) is 0 Å². The zero-order chi connectivity index (χ0) is 21.6. The SMILES string of the molecule is O=C(Cc1ccccc1)NCc1ccc(-c2nc(C(=O)N3CCC[C@@H](O)C3)co2)cc1. The molecule has 2 heterocycles. The molecule has 7 heteroatoms. The molecular weight excluding hydrogens is 394 g/mol. The Labute approximate surface area is 180 Å². The van der Waals surface area contributed by atoms with Crippen molar-refractivity contribution in [3.05, 3.63) is 77.7 Å². The summed E-state index contributed by atoms with van der Waals surface area (Å²) in [5.74, 6) is 0.0982. The maximum atomic E-state index is 12.6. The molecule has 1 aliphatic heterocycles. The third kappa shape index (κ3) is 5.38. The topological polar surface area (TPSA) is 95.7 Å². The molecule has 3 aromatic rings. The van der Waals surface area contributed by atoms with Gasteiger partial charge in [0.05, 0.1) is 12.5 Å². The number of likely N-dealkylation sites (tertiary alicyclic amines) is 1. The fraction of sp³-hybridized carbons (Fsp3) is 0.292. The summed E-state index contributed by atoms with van der Waals surface area (Å²) in [4.78, 5) is 30.6. The minimum absolute atomic E-state index is 0.0334. The quantitative estimate of drug-likeness (QED) is 0.641. The van der Waals surface area contributed by atoms with Crippen LogP contribution in [0, 0.1) is 0 Å². The predicted octanol–water partition coefficient (Wildman–Crippen LogP) is 2.80. The van der Waals surface area contributed by atoms with Gasteiger partial charge in [0, 0.05) is 25.2 Å². The summed E-state index contributed by atoms with van der Waals surface area (Å²) >= 11 is 0. The lowest BCUT2D eigenvalue weighted by molar-refractivity contribution is -0.120. The third-order valence-corrected chi connectivity index (χ3v) is 5.31. The van der Waals surface area contributed by atoms with Crippen molar-refractivity contribution in [2.24, 2.45) is 0 Å². The van der Waals surface area contributed by atoms with E-state index in [-0.39, 0.29) is 17.5 Å². The number of carbonyl (C=O) groups is 2. The Morgan fingerprint density at radius 3 is 2.61 bits per heavy atom. The molecular formula is C24H25N3O4. The molecule has 1 atom stereocenters. The van der Waals surface area contributed by atoms with Crippen LogP contribution in [0.3, 0.4) is 0 Å². The van der Waals surface area contributed by atoms with Crippen molar-refractivity contribution in [1.29, 1.82) is 0 Å². The molecule has 1 aromatic heterocycles. The maximum Gasteiger partial charge on any atom is 0.275 e. The Kier molecular flexibility index (Phi) is 6.43. The number of nitrogens with zero attached hydrogens (tertiary/aromatic N) is 2. The van der Waals surface area contributed by atoms with Crippen molar-refractivity contribution >= 4 is 11.8 Å². The maximum absolute atomic E-state index is 12.6. The van der Waals surface area contributed by atoms with Crippen molar-refractivity contribution in [2.45, 2.75) is 31.9 Å². The number of piperidine rings is 1. The highest BCUT2D eigenvalue weighted by Gasteiger charge is 2.25. The number of benzene rings is 2. The summed E-state index contributed by atoms with van der Waals surface area (Å²) in [7, 11) is 0. The van der Waals surface area contributed by atoms with Gasteiger partial charge in [-0.15, -0.1) is 0 Å². The number of hydrogen-bond acceptors (Lipinski definition) is 5. The predicted molar refractivity (Wildman–Crippen MR) is 115 cm³/mol. The van der Waals surface area contributed by atoms with E-state index in [1.807, 2.05) is 54.6 Å². The Morgan fingerprint density at radius 1 is 1.10 bits per heavy atom. The van der Waals surface area contributed by atoms with Crippen LogP contribution >= 0.6 is 0 Å². The Bertz CT molecular complexity index is 1030. The first-order valence-corrected chi connectivity index (χ1v) is 10.4. The van der Waals surface area contributed by atoms with Crippen LogP contribution in [0.2, 0.25) is 0 Å². The largest absolute Gasteiger partial charge is 0.444 e. The van der Waals surface area contributed by atoms with Crippen LogP contribution in [0.1, 0.15) is 34.5 Å². The third-order valence-electron chi connectivity index (χ3n) is 5.31. The summed E-state index contributed by atoms with van der Waals surface area (Å²) in [6, 6.07) is 17.1. The van der Waals surface area contributed by atoms with Crippen LogP contribution in [0.4, 0.5) is 0 Å². The first-order chi connectivity index (χ1) is 15.1. The monoisotopic (exact) mass is 419 g/mol. The van der Waals surface area contributed by atoms with Crippen molar-refractivity contribution in [2.75, 3.05) is 13.1 Å². The number of β-amino-alcohol motifs (C(OH)–C–C–N with tert-alkyl or cyclic N) is 1. The molecule has 0 saturated carbocycles. The fourth-order valence-corrected chi connectivity index (χ4v) is 3.62. The molecule has 0 radical (unpaired) electrons. The number of carbonyl (C=O) groups excluding carboxylic acids is 2. The van der Waals surface area contributed by atoms with Gasteiger partial charge in [-0.05, 0) is 36.1 Å². The molecule has 2 N–H and O–H groups in total. The van der Waals surface area contributed by atoms with Gasteiger partial charge in [-0.25, -0.2) is 4.98 Å². The highest BCUT2D eigenvalue weighted by molar-refractivity contribution is 5.92. The van der Waals surface area contributed by atoms with Gasteiger partial charge in [-0.3, -0.25) is 9.59 Å². The number of rotatable bonds is 6. The van der Waals surface area contributed by atoms with Crippen molar-refractivity contribution in [3.8, 4) is 11.5 Å². The van der Waals surface area contributed by atoms with Gasteiger partial charge in [0.15, 0.2) is 5.69 Å². The molecule has 2 aromatic carbocycles. The van der Waals surface area contributed by atoms with E-state index in [0.29, 0.717) is 38.4 Å². The Morgan fingerprint density at radius 2 is 1.87 bits per heavy atom. The van der Waals surface area contributed by atoms with Gasteiger partial charge in [0.25, 0.3) is 5.91 Å². The summed E-state index contributed by atoms with van der Waals surface area (Å²) in [5.41, 5.74) is 2.91. The zero-order valence-corrected chi connectivity index (χ0v) is 17.2. The number of aromatic nitrogens is 1. The van der Waals surface area contributed by atoms with Gasteiger partial charge in [0.1, 0.15) is 6.26 Å². The van der Waals surface area contributed by atoms with Crippen LogP contribution in [0.15, 0.2) is 65.3 Å². The highest BCUT2D eigenvalue weighted by atomic mass is 16.3. The van der Waals surface area contributed by atoms with Crippen LogP contribution in [0.5, 0.6) is 0 Å². The highest BCUT2D eigenvalue weighted by Crippen LogP contribution is 2.21. The molecule has 2 amide bonds. The van der Waals surface area contributed by atoms with Gasteiger partial charge >= 0.3 is 0 Å².